The maximum absolute atomic E-state index is 10.5. The Kier molecular flexibility index (Phi) is 1.62. The van der Waals surface area contributed by atoms with E-state index in [4.69, 9.17) is 0 Å². The first-order valence-corrected chi connectivity index (χ1v) is 4.45. The quantitative estimate of drug-likeness (QED) is 0.629. The van der Waals surface area contributed by atoms with Crippen LogP contribution in [0.25, 0.3) is 0 Å². The van der Waals surface area contributed by atoms with Gasteiger partial charge in [-0.15, -0.1) is 0 Å². The smallest absolute Gasteiger partial charge is 0.231 e. The van der Waals surface area contributed by atoms with Crippen molar-refractivity contribution in [3.63, 3.8) is 0 Å². The first-order valence-electron chi connectivity index (χ1n) is 2.55. The van der Waals surface area contributed by atoms with Gasteiger partial charge in [0.25, 0.3) is 0 Å². The van der Waals surface area contributed by atoms with Crippen LogP contribution >= 0.6 is 0 Å². The van der Waals surface area contributed by atoms with E-state index in [0.29, 0.717) is 5.82 Å². The topological polar surface area (TPSA) is 74.8 Å². The SMILES string of the molecule is CS(=O)(=O)Nc1cc[nH]n1. The monoisotopic (exact) mass is 161 g/mol. The summed E-state index contributed by atoms with van der Waals surface area (Å²) in [6, 6.07) is 1.53. The average Bonchev–Trinajstić information content (AvgIpc) is 2.12. The highest BCUT2D eigenvalue weighted by Crippen LogP contribution is 1.99. The van der Waals surface area contributed by atoms with Gasteiger partial charge in [0.05, 0.1) is 6.26 Å². The Bertz CT molecular complexity index is 288. The van der Waals surface area contributed by atoms with Crippen molar-refractivity contribution in [3.8, 4) is 0 Å². The van der Waals surface area contributed by atoms with Crippen molar-refractivity contribution in [2.45, 2.75) is 0 Å². The molecule has 10 heavy (non-hydrogen) atoms. The molecule has 5 nitrogen and oxygen atoms in total. The average molecular weight is 161 g/mol. The van der Waals surface area contributed by atoms with Gasteiger partial charge in [-0.25, -0.2) is 8.42 Å². The summed E-state index contributed by atoms with van der Waals surface area (Å²) >= 11 is 0. The number of nitrogens with zero attached hydrogens (tertiary/aromatic N) is 1. The summed E-state index contributed by atoms with van der Waals surface area (Å²) < 4.78 is 23.3. The molecule has 0 unspecified atom stereocenters. The summed E-state index contributed by atoms with van der Waals surface area (Å²) in [5.41, 5.74) is 0. The van der Waals surface area contributed by atoms with Crippen molar-refractivity contribution in [1.29, 1.82) is 0 Å². The zero-order valence-corrected chi connectivity index (χ0v) is 6.14. The predicted octanol–water partition coefficient (Wildman–Crippen LogP) is -0.219. The molecule has 1 heterocycles. The van der Waals surface area contributed by atoms with E-state index in [-0.39, 0.29) is 0 Å². The fourth-order valence-corrected chi connectivity index (χ4v) is 1.00. The van der Waals surface area contributed by atoms with Gasteiger partial charge in [0, 0.05) is 12.3 Å². The molecule has 0 fully saturated rings. The first-order chi connectivity index (χ1) is 4.58. The van der Waals surface area contributed by atoms with Crippen molar-refractivity contribution < 1.29 is 8.42 Å². The van der Waals surface area contributed by atoms with Crippen molar-refractivity contribution in [1.82, 2.24) is 10.2 Å². The number of hydrogen-bond donors (Lipinski definition) is 2. The zero-order valence-electron chi connectivity index (χ0n) is 5.33. The van der Waals surface area contributed by atoms with E-state index in [9.17, 15) is 8.42 Å². The lowest BCUT2D eigenvalue weighted by molar-refractivity contribution is 0.606. The van der Waals surface area contributed by atoms with Crippen molar-refractivity contribution in [2.75, 3.05) is 11.0 Å². The van der Waals surface area contributed by atoms with Gasteiger partial charge in [-0.1, -0.05) is 0 Å². The third kappa shape index (κ3) is 2.06. The molecule has 1 aromatic heterocycles. The molecule has 0 aliphatic carbocycles. The molecule has 6 heteroatoms. The Morgan fingerprint density at radius 1 is 1.70 bits per heavy atom. The third-order valence-corrected chi connectivity index (χ3v) is 1.37. The molecule has 0 bridgehead atoms. The van der Waals surface area contributed by atoms with Crippen LogP contribution in [0.3, 0.4) is 0 Å². The molecule has 0 radical (unpaired) electrons. The van der Waals surface area contributed by atoms with Gasteiger partial charge in [-0.05, 0) is 0 Å². The third-order valence-electron chi connectivity index (χ3n) is 0.791. The minimum Gasteiger partial charge on any atom is -0.284 e. The van der Waals surface area contributed by atoms with Crippen LogP contribution in [0.4, 0.5) is 5.82 Å². The number of aromatic amines is 1. The number of H-pyrrole nitrogens is 1. The fraction of sp³-hybridized carbons (Fsp3) is 0.250. The normalized spacial score (nSPS) is 11.3. The van der Waals surface area contributed by atoms with Crippen LogP contribution in [0, 0.1) is 0 Å². The number of sulfonamides is 1. The molecule has 0 atom stereocenters. The summed E-state index contributed by atoms with van der Waals surface area (Å²) in [6.07, 6.45) is 2.61. The highest BCUT2D eigenvalue weighted by atomic mass is 32.2. The maximum Gasteiger partial charge on any atom is 0.231 e. The van der Waals surface area contributed by atoms with Crippen molar-refractivity contribution >= 4 is 15.8 Å². The molecular formula is C4H7N3O2S. The van der Waals surface area contributed by atoms with Gasteiger partial charge >= 0.3 is 0 Å². The maximum atomic E-state index is 10.5. The Labute approximate surface area is 58.5 Å². The number of hydrogen-bond acceptors (Lipinski definition) is 3. The second-order valence-corrected chi connectivity index (χ2v) is 3.58. The molecule has 56 valence electrons. The molecule has 0 saturated heterocycles. The van der Waals surface area contributed by atoms with E-state index in [1.807, 2.05) is 0 Å². The van der Waals surface area contributed by atoms with E-state index in [1.165, 1.54) is 12.3 Å². The van der Waals surface area contributed by atoms with Crippen LogP contribution in [-0.2, 0) is 10.0 Å². The molecule has 0 aliphatic rings. The summed E-state index contributed by atoms with van der Waals surface area (Å²) in [5, 5.41) is 6.06. The standard InChI is InChI=1S/C4H7N3O2S/c1-10(8,9)7-4-2-3-5-6-4/h2-3H,1H3,(H2,5,6,7). The number of aromatic nitrogens is 2. The number of anilines is 1. The van der Waals surface area contributed by atoms with Gasteiger partial charge in [-0.3, -0.25) is 9.82 Å². The van der Waals surface area contributed by atoms with Crippen LogP contribution in [0.5, 0.6) is 0 Å². The van der Waals surface area contributed by atoms with Crippen LogP contribution in [-0.4, -0.2) is 24.9 Å². The Hall–Kier alpha value is -1.04. The van der Waals surface area contributed by atoms with Gasteiger partial charge in [0.2, 0.25) is 10.0 Å². The molecule has 2 N–H and O–H groups in total. The van der Waals surface area contributed by atoms with E-state index in [0.717, 1.165) is 6.26 Å². The number of rotatable bonds is 2. The van der Waals surface area contributed by atoms with Gasteiger partial charge in [-0.2, -0.15) is 5.10 Å². The van der Waals surface area contributed by atoms with E-state index in [1.54, 1.807) is 0 Å². The van der Waals surface area contributed by atoms with Gasteiger partial charge in [0.1, 0.15) is 0 Å². The molecule has 0 aromatic carbocycles. The lowest BCUT2D eigenvalue weighted by atomic mass is 10.7. The molecule has 0 saturated carbocycles. The van der Waals surface area contributed by atoms with E-state index in [2.05, 4.69) is 14.9 Å². The Balaban J connectivity index is 2.75. The zero-order chi connectivity index (χ0) is 7.61. The Morgan fingerprint density at radius 2 is 2.40 bits per heavy atom. The lowest BCUT2D eigenvalue weighted by Crippen LogP contribution is -2.09. The molecular weight excluding hydrogens is 154 g/mol. The van der Waals surface area contributed by atoms with Crippen molar-refractivity contribution in [3.05, 3.63) is 12.3 Å². The first kappa shape index (κ1) is 7.07. The highest BCUT2D eigenvalue weighted by Gasteiger charge is 2.00. The van der Waals surface area contributed by atoms with Crippen LogP contribution in [0.1, 0.15) is 0 Å². The molecule has 1 rings (SSSR count). The minimum absolute atomic E-state index is 0.308. The molecule has 0 spiro atoms. The summed E-state index contributed by atoms with van der Waals surface area (Å²) in [6.45, 7) is 0. The summed E-state index contributed by atoms with van der Waals surface area (Å²) in [5.74, 6) is 0.308. The second-order valence-electron chi connectivity index (χ2n) is 1.83. The van der Waals surface area contributed by atoms with Gasteiger partial charge < -0.3 is 0 Å². The van der Waals surface area contributed by atoms with E-state index >= 15 is 0 Å². The predicted molar refractivity (Wildman–Crippen MR) is 37.1 cm³/mol. The largest absolute Gasteiger partial charge is 0.284 e. The van der Waals surface area contributed by atoms with Crippen LogP contribution in [0.2, 0.25) is 0 Å². The lowest BCUT2D eigenvalue weighted by Gasteiger charge is -1.95. The summed E-state index contributed by atoms with van der Waals surface area (Å²) in [7, 11) is -3.18. The van der Waals surface area contributed by atoms with Gasteiger partial charge in [0.15, 0.2) is 5.82 Å². The Morgan fingerprint density at radius 3 is 2.80 bits per heavy atom. The van der Waals surface area contributed by atoms with Crippen LogP contribution < -0.4 is 4.72 Å². The van der Waals surface area contributed by atoms with Crippen LogP contribution in [0.15, 0.2) is 12.3 Å². The molecule has 0 aliphatic heterocycles. The van der Waals surface area contributed by atoms with E-state index < -0.39 is 10.0 Å². The highest BCUT2D eigenvalue weighted by molar-refractivity contribution is 7.92. The second kappa shape index (κ2) is 2.30. The van der Waals surface area contributed by atoms with Crippen molar-refractivity contribution in [2.24, 2.45) is 0 Å². The molecule has 1 aromatic rings. The fourth-order valence-electron chi connectivity index (χ4n) is 0.507. The molecule has 0 amide bonds. The minimum atomic E-state index is -3.18. The number of nitrogens with one attached hydrogen (secondary N) is 2. The summed E-state index contributed by atoms with van der Waals surface area (Å²) in [4.78, 5) is 0.